The first-order chi connectivity index (χ1) is 9.97. The van der Waals surface area contributed by atoms with Crippen molar-refractivity contribution in [3.8, 4) is 0 Å². The van der Waals surface area contributed by atoms with Crippen LogP contribution in [0.1, 0.15) is 71.6 Å². The quantitative estimate of drug-likeness (QED) is 0.733. The van der Waals surface area contributed by atoms with Crippen molar-refractivity contribution in [1.82, 2.24) is 0 Å². The van der Waals surface area contributed by atoms with Crippen LogP contribution >= 0.6 is 0 Å². The minimum absolute atomic E-state index is 0.210. The van der Waals surface area contributed by atoms with Crippen molar-refractivity contribution < 1.29 is 9.90 Å². The molecule has 0 aromatic rings. The Labute approximate surface area is 128 Å². The molecule has 4 rings (SSSR count). The van der Waals surface area contributed by atoms with E-state index in [0.717, 1.165) is 18.3 Å². The van der Waals surface area contributed by atoms with Crippen LogP contribution in [0.4, 0.5) is 0 Å². The highest BCUT2D eigenvalue weighted by atomic mass is 16.3. The van der Waals surface area contributed by atoms with Crippen LogP contribution in [-0.2, 0) is 4.79 Å². The second-order valence-corrected chi connectivity index (χ2v) is 8.97. The maximum absolute atomic E-state index is 12.4. The SMILES string of the molecule is C[C@]12CCCC[C@@H]1CC[C@@H]1[C@@H]3[C@H](O)CC(=O)[C@@]3(C)CC[C@H]12. The zero-order valence-corrected chi connectivity index (χ0v) is 13.6. The van der Waals surface area contributed by atoms with Crippen molar-refractivity contribution in [2.45, 2.75) is 77.7 Å². The second-order valence-electron chi connectivity index (χ2n) is 8.97. The number of ketones is 1. The van der Waals surface area contributed by atoms with Crippen LogP contribution in [0.3, 0.4) is 0 Å². The average Bonchev–Trinajstić information content (AvgIpc) is 2.68. The molecule has 4 fully saturated rings. The summed E-state index contributed by atoms with van der Waals surface area (Å²) in [6.07, 6.45) is 10.5. The van der Waals surface area contributed by atoms with Crippen molar-refractivity contribution in [1.29, 1.82) is 0 Å². The van der Waals surface area contributed by atoms with Crippen molar-refractivity contribution >= 4 is 5.78 Å². The summed E-state index contributed by atoms with van der Waals surface area (Å²) in [7, 11) is 0. The lowest BCUT2D eigenvalue weighted by molar-refractivity contribution is -0.143. The predicted molar refractivity (Wildman–Crippen MR) is 82.7 cm³/mol. The molecule has 118 valence electrons. The summed E-state index contributed by atoms with van der Waals surface area (Å²) in [5.74, 6) is 2.86. The molecular weight excluding hydrogens is 260 g/mol. The Morgan fingerprint density at radius 3 is 2.67 bits per heavy atom. The Morgan fingerprint density at radius 2 is 1.86 bits per heavy atom. The average molecular weight is 290 g/mol. The highest BCUT2D eigenvalue weighted by molar-refractivity contribution is 5.88. The third kappa shape index (κ3) is 1.77. The standard InChI is InChI=1S/C19H30O2/c1-18-9-4-3-5-12(18)6-7-13-14(18)8-10-19(2)16(21)11-15(20)17(13)19/h12-15,17,20H,3-11H2,1-2H3/t12-,13+,14-,15-,17-,18+,19-/m1/s1. The summed E-state index contributed by atoms with van der Waals surface area (Å²) in [5, 5.41) is 10.6. The van der Waals surface area contributed by atoms with Gasteiger partial charge < -0.3 is 5.11 Å². The zero-order chi connectivity index (χ0) is 14.8. The van der Waals surface area contributed by atoms with Gasteiger partial charge in [0, 0.05) is 17.8 Å². The van der Waals surface area contributed by atoms with Gasteiger partial charge >= 0.3 is 0 Å². The highest BCUT2D eigenvalue weighted by Gasteiger charge is 2.62. The number of Topliss-reactive ketones (excluding diaryl/α,β-unsaturated/α-hetero) is 1. The first-order valence-corrected chi connectivity index (χ1v) is 9.18. The maximum Gasteiger partial charge on any atom is 0.141 e. The summed E-state index contributed by atoms with van der Waals surface area (Å²) < 4.78 is 0. The van der Waals surface area contributed by atoms with E-state index in [0.29, 0.717) is 23.5 Å². The van der Waals surface area contributed by atoms with Crippen molar-refractivity contribution in [2.24, 2.45) is 34.5 Å². The summed E-state index contributed by atoms with van der Waals surface area (Å²) in [6.45, 7) is 4.70. The van der Waals surface area contributed by atoms with E-state index in [1.54, 1.807) is 0 Å². The largest absolute Gasteiger partial charge is 0.392 e. The molecule has 0 amide bonds. The molecule has 2 heteroatoms. The van der Waals surface area contributed by atoms with Gasteiger partial charge in [0.05, 0.1) is 6.10 Å². The second kappa shape index (κ2) is 4.57. The molecule has 0 aliphatic heterocycles. The minimum atomic E-state index is -0.362. The van der Waals surface area contributed by atoms with E-state index >= 15 is 0 Å². The van der Waals surface area contributed by atoms with Crippen LogP contribution in [0.15, 0.2) is 0 Å². The fourth-order valence-corrected chi connectivity index (χ4v) is 7.13. The fourth-order valence-electron chi connectivity index (χ4n) is 7.13. The Kier molecular flexibility index (Phi) is 3.10. The Hall–Kier alpha value is -0.370. The van der Waals surface area contributed by atoms with Gasteiger partial charge in [-0.1, -0.05) is 26.7 Å². The molecule has 7 atom stereocenters. The molecule has 4 aliphatic rings. The number of aliphatic hydroxyl groups is 1. The third-order valence-electron chi connectivity index (χ3n) is 8.28. The predicted octanol–water partition coefficient (Wildman–Crippen LogP) is 3.96. The van der Waals surface area contributed by atoms with Crippen molar-refractivity contribution in [3.05, 3.63) is 0 Å². The van der Waals surface area contributed by atoms with Gasteiger partial charge in [-0.2, -0.15) is 0 Å². The lowest BCUT2D eigenvalue weighted by Gasteiger charge is -2.59. The number of carbonyl (C=O) groups is 1. The van der Waals surface area contributed by atoms with Crippen LogP contribution in [0.5, 0.6) is 0 Å². The monoisotopic (exact) mass is 290 g/mol. The summed E-state index contributed by atoms with van der Waals surface area (Å²) >= 11 is 0. The molecule has 0 aromatic heterocycles. The first kappa shape index (κ1) is 14.2. The normalized spacial score (nSPS) is 56.5. The van der Waals surface area contributed by atoms with E-state index in [-0.39, 0.29) is 17.4 Å². The van der Waals surface area contributed by atoms with E-state index in [4.69, 9.17) is 0 Å². The fraction of sp³-hybridized carbons (Fsp3) is 0.947. The molecule has 0 saturated heterocycles. The molecule has 4 saturated carbocycles. The molecule has 0 heterocycles. The van der Waals surface area contributed by atoms with Gasteiger partial charge in [0.2, 0.25) is 0 Å². The molecular formula is C19H30O2. The van der Waals surface area contributed by atoms with Gasteiger partial charge in [0.25, 0.3) is 0 Å². The Bertz CT molecular complexity index is 458. The number of fused-ring (bicyclic) bond motifs is 5. The third-order valence-corrected chi connectivity index (χ3v) is 8.28. The molecule has 1 N–H and O–H groups in total. The number of carbonyl (C=O) groups excluding carboxylic acids is 1. The molecule has 0 spiro atoms. The zero-order valence-electron chi connectivity index (χ0n) is 13.6. The maximum atomic E-state index is 12.4. The summed E-state index contributed by atoms with van der Waals surface area (Å²) in [4.78, 5) is 12.4. The highest BCUT2D eigenvalue weighted by Crippen LogP contribution is 2.65. The molecule has 0 aromatic carbocycles. The molecule has 2 nitrogen and oxygen atoms in total. The van der Waals surface area contributed by atoms with Gasteiger partial charge in [0.1, 0.15) is 5.78 Å². The lowest BCUT2D eigenvalue weighted by Crippen LogP contribution is -2.54. The topological polar surface area (TPSA) is 37.3 Å². The van der Waals surface area contributed by atoms with Gasteiger partial charge in [0.15, 0.2) is 0 Å². The number of hydrogen-bond donors (Lipinski definition) is 1. The smallest absolute Gasteiger partial charge is 0.141 e. The van der Waals surface area contributed by atoms with Crippen LogP contribution < -0.4 is 0 Å². The van der Waals surface area contributed by atoms with Crippen LogP contribution in [0, 0.1) is 34.5 Å². The Balaban J connectivity index is 1.69. The van der Waals surface area contributed by atoms with Crippen LogP contribution in [0.25, 0.3) is 0 Å². The van der Waals surface area contributed by atoms with E-state index in [9.17, 15) is 9.90 Å². The van der Waals surface area contributed by atoms with Gasteiger partial charge in [-0.15, -0.1) is 0 Å². The van der Waals surface area contributed by atoms with E-state index in [1.807, 2.05) is 0 Å². The lowest BCUT2D eigenvalue weighted by atomic mass is 9.45. The molecule has 0 bridgehead atoms. The molecule has 0 unspecified atom stereocenters. The first-order valence-electron chi connectivity index (χ1n) is 9.18. The van der Waals surface area contributed by atoms with Gasteiger partial charge in [-0.05, 0) is 61.7 Å². The van der Waals surface area contributed by atoms with Crippen molar-refractivity contribution in [2.75, 3.05) is 0 Å². The van der Waals surface area contributed by atoms with Gasteiger partial charge in [-0.25, -0.2) is 0 Å². The molecule has 0 radical (unpaired) electrons. The summed E-state index contributed by atoms with van der Waals surface area (Å²) in [6, 6.07) is 0. The van der Waals surface area contributed by atoms with Gasteiger partial charge in [-0.3, -0.25) is 4.79 Å². The minimum Gasteiger partial charge on any atom is -0.392 e. The molecule has 4 aliphatic carbocycles. The van der Waals surface area contributed by atoms with E-state index < -0.39 is 0 Å². The van der Waals surface area contributed by atoms with E-state index in [1.165, 1.54) is 44.9 Å². The summed E-state index contributed by atoms with van der Waals surface area (Å²) in [5.41, 5.74) is 0.284. The number of rotatable bonds is 0. The van der Waals surface area contributed by atoms with Crippen LogP contribution in [0.2, 0.25) is 0 Å². The molecule has 21 heavy (non-hydrogen) atoms. The Morgan fingerprint density at radius 1 is 1.05 bits per heavy atom. The van der Waals surface area contributed by atoms with E-state index in [2.05, 4.69) is 13.8 Å². The number of aliphatic hydroxyl groups excluding tert-OH is 1. The van der Waals surface area contributed by atoms with Crippen molar-refractivity contribution in [3.63, 3.8) is 0 Å². The van der Waals surface area contributed by atoms with Crippen LogP contribution in [-0.4, -0.2) is 17.0 Å². The number of hydrogen-bond acceptors (Lipinski definition) is 2.